The van der Waals surface area contributed by atoms with Crippen LogP contribution in [0.3, 0.4) is 0 Å². The van der Waals surface area contributed by atoms with E-state index in [-0.39, 0.29) is 17.0 Å². The minimum atomic E-state index is -3.59. The summed E-state index contributed by atoms with van der Waals surface area (Å²) in [5.74, 6) is 0. The molecule has 0 spiro atoms. The highest BCUT2D eigenvalue weighted by atomic mass is 32.2. The molecule has 0 amide bonds. The number of hydrogen-bond acceptors (Lipinski definition) is 4. The fourth-order valence-corrected chi connectivity index (χ4v) is 3.09. The van der Waals surface area contributed by atoms with Crippen molar-refractivity contribution in [3.05, 3.63) is 28.7 Å². The largest absolute Gasteiger partial charge is 0.392 e. The fraction of sp³-hybridized carbons (Fsp3) is 0.444. The van der Waals surface area contributed by atoms with Crippen molar-refractivity contribution in [1.82, 2.24) is 9.29 Å². The molecule has 1 fully saturated rings. The number of pyridine rings is 1. The van der Waals surface area contributed by atoms with Gasteiger partial charge >= 0.3 is 0 Å². The van der Waals surface area contributed by atoms with Crippen LogP contribution in [0.2, 0.25) is 0 Å². The first-order chi connectivity index (χ1) is 7.50. The van der Waals surface area contributed by atoms with Crippen LogP contribution in [0.5, 0.6) is 0 Å². The molecule has 1 saturated heterocycles. The monoisotopic (exact) mass is 244 g/mol. The molecule has 88 valence electrons. The molecule has 6 nitrogen and oxygen atoms in total. The number of hydrogen-bond donors (Lipinski definition) is 2. The van der Waals surface area contributed by atoms with Gasteiger partial charge in [-0.15, -0.1) is 0 Å². The molecule has 0 saturated carbocycles. The van der Waals surface area contributed by atoms with Gasteiger partial charge in [0.15, 0.2) is 0 Å². The number of aliphatic hydroxyl groups is 1. The van der Waals surface area contributed by atoms with Crippen molar-refractivity contribution < 1.29 is 13.5 Å². The van der Waals surface area contributed by atoms with Crippen LogP contribution in [0.15, 0.2) is 28.0 Å². The normalized spacial score (nSPS) is 22.4. The van der Waals surface area contributed by atoms with Gasteiger partial charge in [-0.3, -0.25) is 4.79 Å². The standard InChI is InChI=1S/C9H12N2O4S/c12-7-3-4-11(6-7)16(14,15)8-1-2-9(13)10-5-8/h1-2,5,7,12H,3-4,6H2,(H,10,13)/t7-/m0/s1. The number of aromatic nitrogens is 1. The van der Waals surface area contributed by atoms with Crippen molar-refractivity contribution in [2.45, 2.75) is 17.4 Å². The number of H-pyrrole nitrogens is 1. The smallest absolute Gasteiger partial charge is 0.247 e. The Bertz CT molecular complexity index is 516. The molecule has 0 bridgehead atoms. The Hall–Kier alpha value is -1.18. The van der Waals surface area contributed by atoms with Gasteiger partial charge in [-0.1, -0.05) is 0 Å². The Labute approximate surface area is 92.6 Å². The Kier molecular flexibility index (Phi) is 2.83. The molecule has 0 aromatic carbocycles. The maximum Gasteiger partial charge on any atom is 0.247 e. The van der Waals surface area contributed by atoms with E-state index >= 15 is 0 Å². The van der Waals surface area contributed by atoms with Gasteiger partial charge in [0.25, 0.3) is 0 Å². The third kappa shape index (κ3) is 2.01. The van der Waals surface area contributed by atoms with Crippen molar-refractivity contribution in [1.29, 1.82) is 0 Å². The summed E-state index contributed by atoms with van der Waals surface area (Å²) in [6.45, 7) is 0.421. The molecular weight excluding hydrogens is 232 g/mol. The summed E-state index contributed by atoms with van der Waals surface area (Å²) in [5, 5.41) is 9.29. The lowest BCUT2D eigenvalue weighted by Gasteiger charge is -2.15. The van der Waals surface area contributed by atoms with E-state index in [4.69, 9.17) is 0 Å². The van der Waals surface area contributed by atoms with Gasteiger partial charge in [-0.25, -0.2) is 8.42 Å². The van der Waals surface area contributed by atoms with Crippen molar-refractivity contribution >= 4 is 10.0 Å². The van der Waals surface area contributed by atoms with Gasteiger partial charge in [0.2, 0.25) is 15.6 Å². The number of aromatic amines is 1. The molecule has 1 aliphatic rings. The first-order valence-corrected chi connectivity index (χ1v) is 6.31. The van der Waals surface area contributed by atoms with E-state index in [2.05, 4.69) is 4.98 Å². The van der Waals surface area contributed by atoms with Crippen LogP contribution in [-0.4, -0.2) is 42.0 Å². The average Bonchev–Trinajstić information content (AvgIpc) is 2.66. The summed E-state index contributed by atoms with van der Waals surface area (Å²) in [6, 6.07) is 2.43. The second-order valence-electron chi connectivity index (χ2n) is 3.69. The van der Waals surface area contributed by atoms with Gasteiger partial charge in [0.05, 0.1) is 11.0 Å². The summed E-state index contributed by atoms with van der Waals surface area (Å²) < 4.78 is 25.2. The zero-order valence-electron chi connectivity index (χ0n) is 8.46. The molecule has 7 heteroatoms. The highest BCUT2D eigenvalue weighted by molar-refractivity contribution is 7.89. The maximum absolute atomic E-state index is 12.0. The molecule has 2 heterocycles. The molecule has 0 aliphatic carbocycles. The molecule has 0 radical (unpaired) electrons. The van der Waals surface area contributed by atoms with Crippen LogP contribution in [-0.2, 0) is 10.0 Å². The second-order valence-corrected chi connectivity index (χ2v) is 5.63. The first kappa shape index (κ1) is 11.3. The van der Waals surface area contributed by atoms with Gasteiger partial charge in [-0.05, 0) is 12.5 Å². The maximum atomic E-state index is 12.0. The SMILES string of the molecule is O=c1ccc(S(=O)(=O)N2CC[C@H](O)C2)c[nH]1. The summed E-state index contributed by atoms with van der Waals surface area (Å²) in [5.41, 5.74) is -0.347. The zero-order chi connectivity index (χ0) is 11.8. The van der Waals surface area contributed by atoms with Crippen LogP contribution in [0.4, 0.5) is 0 Å². The Balaban J connectivity index is 2.32. The molecule has 1 aromatic rings. The highest BCUT2D eigenvalue weighted by Crippen LogP contribution is 2.19. The van der Waals surface area contributed by atoms with E-state index in [0.717, 1.165) is 0 Å². The third-order valence-corrected chi connectivity index (χ3v) is 4.38. The van der Waals surface area contributed by atoms with Gasteiger partial charge < -0.3 is 10.1 Å². The lowest BCUT2D eigenvalue weighted by atomic mass is 10.3. The van der Waals surface area contributed by atoms with Gasteiger partial charge in [0.1, 0.15) is 0 Å². The van der Waals surface area contributed by atoms with E-state index in [1.54, 1.807) is 0 Å². The van der Waals surface area contributed by atoms with Crippen molar-refractivity contribution in [3.8, 4) is 0 Å². The quantitative estimate of drug-likeness (QED) is 0.707. The second kappa shape index (κ2) is 4.00. The molecule has 1 aromatic heterocycles. The van der Waals surface area contributed by atoms with E-state index in [0.29, 0.717) is 13.0 Å². The molecule has 0 unspecified atom stereocenters. The van der Waals surface area contributed by atoms with Crippen LogP contribution >= 0.6 is 0 Å². The Morgan fingerprint density at radius 2 is 2.19 bits per heavy atom. The average molecular weight is 244 g/mol. The lowest BCUT2D eigenvalue weighted by molar-refractivity contribution is 0.189. The predicted molar refractivity (Wildman–Crippen MR) is 56.4 cm³/mol. The van der Waals surface area contributed by atoms with E-state index < -0.39 is 16.1 Å². The minimum Gasteiger partial charge on any atom is -0.392 e. The van der Waals surface area contributed by atoms with Crippen molar-refractivity contribution in [2.75, 3.05) is 13.1 Å². The van der Waals surface area contributed by atoms with Gasteiger partial charge in [-0.2, -0.15) is 4.31 Å². The van der Waals surface area contributed by atoms with Crippen LogP contribution < -0.4 is 5.56 Å². The summed E-state index contributed by atoms with van der Waals surface area (Å²) in [4.78, 5) is 13.2. The topological polar surface area (TPSA) is 90.5 Å². The van der Waals surface area contributed by atoms with Crippen LogP contribution in [0.25, 0.3) is 0 Å². The molecule has 16 heavy (non-hydrogen) atoms. The first-order valence-electron chi connectivity index (χ1n) is 4.87. The van der Waals surface area contributed by atoms with E-state index in [1.165, 1.54) is 22.6 Å². The summed E-state index contributed by atoms with van der Waals surface area (Å²) >= 11 is 0. The molecule has 2 N–H and O–H groups in total. The molecular formula is C9H12N2O4S. The molecule has 1 aliphatic heterocycles. The van der Waals surface area contributed by atoms with E-state index in [9.17, 15) is 18.3 Å². The summed E-state index contributed by atoms with van der Waals surface area (Å²) in [7, 11) is -3.59. The van der Waals surface area contributed by atoms with Crippen molar-refractivity contribution in [2.24, 2.45) is 0 Å². The van der Waals surface area contributed by atoms with E-state index in [1.807, 2.05) is 0 Å². The minimum absolute atomic E-state index is 0.0428. The third-order valence-electron chi connectivity index (χ3n) is 2.52. The number of nitrogens with zero attached hydrogens (tertiary/aromatic N) is 1. The Morgan fingerprint density at radius 1 is 1.44 bits per heavy atom. The van der Waals surface area contributed by atoms with Gasteiger partial charge in [0, 0.05) is 25.4 Å². The lowest BCUT2D eigenvalue weighted by Crippen LogP contribution is -2.30. The number of β-amino-alcohol motifs (C(OH)–C–C–N with tert-alkyl or cyclic N) is 1. The summed E-state index contributed by atoms with van der Waals surface area (Å²) in [6.07, 6.45) is 1.02. The Morgan fingerprint density at radius 3 is 2.69 bits per heavy atom. The highest BCUT2D eigenvalue weighted by Gasteiger charge is 2.31. The number of sulfonamides is 1. The van der Waals surface area contributed by atoms with Crippen LogP contribution in [0, 0.1) is 0 Å². The fourth-order valence-electron chi connectivity index (χ4n) is 1.63. The van der Waals surface area contributed by atoms with Crippen LogP contribution in [0.1, 0.15) is 6.42 Å². The van der Waals surface area contributed by atoms with Crippen molar-refractivity contribution in [3.63, 3.8) is 0 Å². The molecule has 2 rings (SSSR count). The predicted octanol–water partition coefficient (Wildman–Crippen LogP) is -0.870. The molecule has 1 atom stereocenters. The number of nitrogens with one attached hydrogen (secondary N) is 1. The number of aliphatic hydroxyl groups excluding tert-OH is 1. The number of rotatable bonds is 2. The zero-order valence-corrected chi connectivity index (χ0v) is 9.27.